The molecule has 3 nitrogen and oxygen atoms in total. The minimum atomic E-state index is -0.329. The predicted molar refractivity (Wildman–Crippen MR) is 45.4 cm³/mol. The van der Waals surface area contributed by atoms with Gasteiger partial charge in [-0.1, -0.05) is 14.9 Å². The summed E-state index contributed by atoms with van der Waals surface area (Å²) in [5.41, 5.74) is 0. The van der Waals surface area contributed by atoms with E-state index in [1.807, 2.05) is 0 Å². The van der Waals surface area contributed by atoms with Crippen LogP contribution in [0.25, 0.3) is 0 Å². The second-order valence-corrected chi connectivity index (χ2v) is 1.78. The van der Waals surface area contributed by atoms with E-state index in [2.05, 4.69) is 4.74 Å². The molecule has 0 aliphatic heterocycles. The van der Waals surface area contributed by atoms with Crippen molar-refractivity contribution in [3.05, 3.63) is 0 Å². The third-order valence-corrected chi connectivity index (χ3v) is 0.909. The Bertz CT molecular complexity index is 119. The molecule has 3 heteroatoms. The zero-order valence-electron chi connectivity index (χ0n) is 5.64. The summed E-state index contributed by atoms with van der Waals surface area (Å²) in [6.07, 6.45) is 0.485. The van der Waals surface area contributed by atoms with Crippen molar-refractivity contribution in [2.45, 2.75) is 34.6 Å². The third kappa shape index (κ3) is 12.4. The summed E-state index contributed by atoms with van der Waals surface area (Å²) >= 11 is 0. The molecule has 0 saturated carbocycles. The molecule has 0 aromatic heterocycles. The van der Waals surface area contributed by atoms with Gasteiger partial charge in [0.05, 0.1) is 13.5 Å². The molecule has 0 aliphatic carbocycles. The van der Waals surface area contributed by atoms with Gasteiger partial charge in [0, 0.05) is 6.42 Å². The summed E-state index contributed by atoms with van der Waals surface area (Å²) in [7, 11) is 1.31. The summed E-state index contributed by atoms with van der Waals surface area (Å²) in [5.74, 6) is -0.314. The van der Waals surface area contributed by atoms with Crippen molar-refractivity contribution in [3.63, 3.8) is 0 Å². The Morgan fingerprint density at radius 3 is 1.91 bits per heavy atom. The predicted octanol–water partition coefficient (Wildman–Crippen LogP) is 1.80. The first-order valence-electron chi connectivity index (χ1n) is 2.73. The first kappa shape index (κ1) is 16.6. The van der Waals surface area contributed by atoms with Gasteiger partial charge < -0.3 is 9.53 Å². The molecule has 0 heterocycles. The molecule has 0 aromatic carbocycles. The van der Waals surface area contributed by atoms with Crippen molar-refractivity contribution in [2.24, 2.45) is 0 Å². The molecular formula is C8H18O3. The molecule has 0 atom stereocenters. The fourth-order valence-corrected chi connectivity index (χ4v) is 0.380. The highest BCUT2D eigenvalue weighted by Gasteiger charge is 2.00. The van der Waals surface area contributed by atoms with Gasteiger partial charge in [0.25, 0.3) is 0 Å². The van der Waals surface area contributed by atoms with Crippen LogP contribution in [0.3, 0.4) is 0 Å². The van der Waals surface area contributed by atoms with Crippen LogP contribution in [-0.2, 0) is 14.3 Å². The quantitative estimate of drug-likeness (QED) is 0.594. The molecule has 68 valence electrons. The van der Waals surface area contributed by atoms with Gasteiger partial charge in [-0.2, -0.15) is 0 Å². The van der Waals surface area contributed by atoms with Gasteiger partial charge in [-0.25, -0.2) is 0 Å². The lowest BCUT2D eigenvalue weighted by Gasteiger charge is -1.93. The van der Waals surface area contributed by atoms with Crippen molar-refractivity contribution in [2.75, 3.05) is 7.11 Å². The molecule has 0 bridgehead atoms. The number of hydrogen-bond donors (Lipinski definition) is 0. The Hall–Kier alpha value is -0.860. The number of ketones is 1. The van der Waals surface area contributed by atoms with Crippen LogP contribution in [0.15, 0.2) is 0 Å². The van der Waals surface area contributed by atoms with E-state index in [0.717, 1.165) is 0 Å². The van der Waals surface area contributed by atoms with Crippen LogP contribution in [0.4, 0.5) is 0 Å². The minimum Gasteiger partial charge on any atom is -0.469 e. The molecule has 0 rings (SSSR count). The van der Waals surface area contributed by atoms with Crippen molar-refractivity contribution in [3.8, 4) is 0 Å². The maximum Gasteiger partial charge on any atom is 0.305 e. The van der Waals surface area contributed by atoms with Gasteiger partial charge >= 0.3 is 5.97 Å². The van der Waals surface area contributed by atoms with Crippen LogP contribution >= 0.6 is 0 Å². The molecule has 0 radical (unpaired) electrons. The average Bonchev–Trinajstić information content (AvgIpc) is 1.83. The first-order valence-corrected chi connectivity index (χ1v) is 2.73. The highest BCUT2D eigenvalue weighted by molar-refractivity contribution is 5.80. The van der Waals surface area contributed by atoms with E-state index in [1.54, 1.807) is 0 Å². The lowest BCUT2D eigenvalue weighted by molar-refractivity contribution is -0.141. The number of carbonyl (C=O) groups is 2. The number of ether oxygens (including phenoxy) is 1. The second kappa shape index (κ2) is 9.14. The van der Waals surface area contributed by atoms with E-state index in [0.29, 0.717) is 0 Å². The number of rotatable bonds is 3. The van der Waals surface area contributed by atoms with Crippen LogP contribution < -0.4 is 0 Å². The Balaban J connectivity index is -0.000000320. The topological polar surface area (TPSA) is 43.4 Å². The molecule has 0 aromatic rings. The Morgan fingerprint density at radius 1 is 1.18 bits per heavy atom. The summed E-state index contributed by atoms with van der Waals surface area (Å²) in [6, 6.07) is 0. The maximum atomic E-state index is 10.3. The molecule has 11 heavy (non-hydrogen) atoms. The molecule has 0 aliphatic rings. The Labute approximate surface area is 68.7 Å². The molecule has 0 fully saturated rings. The Morgan fingerprint density at radius 2 is 1.64 bits per heavy atom. The molecular weight excluding hydrogens is 144 g/mol. The van der Waals surface area contributed by atoms with Crippen LogP contribution in [0.1, 0.15) is 34.6 Å². The zero-order chi connectivity index (χ0) is 7.28. The molecule has 0 unspecified atom stereocenters. The lowest BCUT2D eigenvalue weighted by Crippen LogP contribution is -2.02. The van der Waals surface area contributed by atoms with E-state index in [1.165, 1.54) is 14.0 Å². The standard InChI is InChI=1S/C6H10O3.2CH4/c1-5(7)3-4-6(8)9-2;;/h3-4H2,1-2H3;2*1H4. The number of esters is 1. The van der Waals surface area contributed by atoms with Crippen LogP contribution in [0.2, 0.25) is 0 Å². The first-order chi connectivity index (χ1) is 4.16. The summed E-state index contributed by atoms with van der Waals surface area (Å²) in [6.45, 7) is 1.45. The highest BCUT2D eigenvalue weighted by Crippen LogP contribution is 1.91. The monoisotopic (exact) mass is 162 g/mol. The zero-order valence-corrected chi connectivity index (χ0v) is 5.64. The normalized spacial score (nSPS) is 7.09. The molecule has 0 N–H and O–H groups in total. The van der Waals surface area contributed by atoms with Gasteiger partial charge in [0.1, 0.15) is 5.78 Å². The van der Waals surface area contributed by atoms with Crippen molar-refractivity contribution < 1.29 is 14.3 Å². The lowest BCUT2D eigenvalue weighted by atomic mass is 10.2. The molecule has 0 spiro atoms. The SMILES string of the molecule is C.C.COC(=O)CCC(C)=O. The highest BCUT2D eigenvalue weighted by atomic mass is 16.5. The summed E-state index contributed by atoms with van der Waals surface area (Å²) in [4.78, 5) is 20.6. The fourth-order valence-electron chi connectivity index (χ4n) is 0.380. The average molecular weight is 162 g/mol. The van der Waals surface area contributed by atoms with Gasteiger partial charge in [0.2, 0.25) is 0 Å². The Kier molecular flexibility index (Phi) is 13.8. The number of hydrogen-bond acceptors (Lipinski definition) is 3. The minimum absolute atomic E-state index is 0. The number of methoxy groups -OCH3 is 1. The van der Waals surface area contributed by atoms with Crippen LogP contribution in [-0.4, -0.2) is 18.9 Å². The molecule has 0 amide bonds. The van der Waals surface area contributed by atoms with E-state index >= 15 is 0 Å². The van der Waals surface area contributed by atoms with Crippen molar-refractivity contribution in [1.29, 1.82) is 0 Å². The third-order valence-electron chi connectivity index (χ3n) is 0.909. The molecule has 0 saturated heterocycles. The van der Waals surface area contributed by atoms with Gasteiger partial charge in [-0.05, 0) is 6.92 Å². The number of carbonyl (C=O) groups excluding carboxylic acids is 2. The van der Waals surface area contributed by atoms with Crippen LogP contribution in [0.5, 0.6) is 0 Å². The van der Waals surface area contributed by atoms with Gasteiger partial charge in [-0.15, -0.1) is 0 Å². The summed E-state index contributed by atoms with van der Waals surface area (Å²) in [5, 5.41) is 0. The maximum absolute atomic E-state index is 10.3. The van der Waals surface area contributed by atoms with Gasteiger partial charge in [0.15, 0.2) is 0 Å². The van der Waals surface area contributed by atoms with E-state index in [9.17, 15) is 9.59 Å². The number of Topliss-reactive ketones (excluding diaryl/α,β-unsaturated/α-hetero) is 1. The van der Waals surface area contributed by atoms with E-state index < -0.39 is 0 Å². The van der Waals surface area contributed by atoms with Crippen molar-refractivity contribution in [1.82, 2.24) is 0 Å². The van der Waals surface area contributed by atoms with Gasteiger partial charge in [-0.3, -0.25) is 4.79 Å². The van der Waals surface area contributed by atoms with E-state index in [4.69, 9.17) is 0 Å². The second-order valence-electron chi connectivity index (χ2n) is 1.78. The van der Waals surface area contributed by atoms with Crippen molar-refractivity contribution >= 4 is 11.8 Å². The summed E-state index contributed by atoms with van der Waals surface area (Å²) < 4.78 is 4.31. The largest absolute Gasteiger partial charge is 0.469 e. The van der Waals surface area contributed by atoms with E-state index in [-0.39, 0.29) is 39.4 Å². The fraction of sp³-hybridized carbons (Fsp3) is 0.750. The van der Waals surface area contributed by atoms with Crippen LogP contribution in [0, 0.1) is 0 Å². The smallest absolute Gasteiger partial charge is 0.305 e.